The highest BCUT2D eigenvalue weighted by Gasteiger charge is 2.00. The van der Waals surface area contributed by atoms with Gasteiger partial charge in [0, 0.05) is 5.69 Å². The minimum absolute atomic E-state index is 0.696. The van der Waals surface area contributed by atoms with Gasteiger partial charge in [0.05, 0.1) is 12.7 Å². The average Bonchev–Trinajstić information content (AvgIpc) is 2.92. The Morgan fingerprint density at radius 2 is 1.65 bits per heavy atom. The molecule has 0 atom stereocenters. The van der Waals surface area contributed by atoms with Crippen LogP contribution in [0.4, 0.5) is 5.69 Å². The molecule has 1 N–H and O–H groups in total. The SMILES string of the molecule is Clc1cnc(CNc2ccc(-c3ccccc3)cc2)s1. The summed E-state index contributed by atoms with van der Waals surface area (Å²) in [7, 11) is 0. The Labute approximate surface area is 127 Å². The van der Waals surface area contributed by atoms with Crippen LogP contribution in [-0.2, 0) is 6.54 Å². The normalized spacial score (nSPS) is 10.4. The van der Waals surface area contributed by atoms with Gasteiger partial charge in [0.2, 0.25) is 0 Å². The Balaban J connectivity index is 1.67. The van der Waals surface area contributed by atoms with E-state index in [0.29, 0.717) is 6.54 Å². The zero-order valence-electron chi connectivity index (χ0n) is 10.7. The maximum Gasteiger partial charge on any atom is 0.113 e. The Morgan fingerprint density at radius 3 is 2.30 bits per heavy atom. The van der Waals surface area contributed by atoms with Gasteiger partial charge in [-0.1, -0.05) is 54.1 Å². The molecule has 4 heteroatoms. The Hall–Kier alpha value is -1.84. The molecule has 100 valence electrons. The van der Waals surface area contributed by atoms with Gasteiger partial charge in [-0.15, -0.1) is 11.3 Å². The molecular formula is C16H13ClN2S. The number of halogens is 1. The van der Waals surface area contributed by atoms with E-state index < -0.39 is 0 Å². The molecular weight excluding hydrogens is 288 g/mol. The molecule has 1 aromatic heterocycles. The van der Waals surface area contributed by atoms with Crippen LogP contribution in [0.2, 0.25) is 4.34 Å². The zero-order valence-corrected chi connectivity index (χ0v) is 12.3. The number of aromatic nitrogens is 1. The largest absolute Gasteiger partial charge is 0.379 e. The van der Waals surface area contributed by atoms with E-state index in [1.54, 1.807) is 6.20 Å². The fourth-order valence-corrected chi connectivity index (χ4v) is 2.85. The summed E-state index contributed by atoms with van der Waals surface area (Å²) < 4.78 is 0.723. The number of hydrogen-bond donors (Lipinski definition) is 1. The molecule has 0 bridgehead atoms. The van der Waals surface area contributed by atoms with Crippen LogP contribution in [0.15, 0.2) is 60.8 Å². The predicted molar refractivity (Wildman–Crippen MR) is 86.3 cm³/mol. The first-order valence-electron chi connectivity index (χ1n) is 6.31. The highest BCUT2D eigenvalue weighted by molar-refractivity contribution is 7.15. The van der Waals surface area contributed by atoms with Crippen LogP contribution >= 0.6 is 22.9 Å². The second-order valence-corrected chi connectivity index (χ2v) is 6.10. The summed E-state index contributed by atoms with van der Waals surface area (Å²) in [5.74, 6) is 0. The molecule has 0 fully saturated rings. The van der Waals surface area contributed by atoms with E-state index in [1.807, 2.05) is 18.2 Å². The molecule has 1 heterocycles. The monoisotopic (exact) mass is 300 g/mol. The standard InChI is InChI=1S/C16H13ClN2S/c17-15-10-19-16(20-15)11-18-14-8-6-13(7-9-14)12-4-2-1-3-5-12/h1-10,18H,11H2. The highest BCUT2D eigenvalue weighted by atomic mass is 35.5. The van der Waals surface area contributed by atoms with Gasteiger partial charge in [0.15, 0.2) is 0 Å². The van der Waals surface area contributed by atoms with Crippen molar-refractivity contribution < 1.29 is 0 Å². The summed E-state index contributed by atoms with van der Waals surface area (Å²) in [6, 6.07) is 18.7. The van der Waals surface area contributed by atoms with Crippen LogP contribution in [0.3, 0.4) is 0 Å². The quantitative estimate of drug-likeness (QED) is 0.727. The molecule has 0 aliphatic heterocycles. The summed E-state index contributed by atoms with van der Waals surface area (Å²) in [5, 5.41) is 4.33. The molecule has 20 heavy (non-hydrogen) atoms. The van der Waals surface area contributed by atoms with Crippen molar-refractivity contribution in [2.75, 3.05) is 5.32 Å². The number of rotatable bonds is 4. The Morgan fingerprint density at radius 1 is 0.950 bits per heavy atom. The second kappa shape index (κ2) is 6.07. The predicted octanol–water partition coefficient (Wildman–Crippen LogP) is 5.08. The molecule has 0 amide bonds. The van der Waals surface area contributed by atoms with Crippen molar-refractivity contribution in [2.24, 2.45) is 0 Å². The molecule has 0 spiro atoms. The molecule has 3 aromatic rings. The zero-order chi connectivity index (χ0) is 13.8. The lowest BCUT2D eigenvalue weighted by Crippen LogP contribution is -1.98. The van der Waals surface area contributed by atoms with E-state index in [9.17, 15) is 0 Å². The van der Waals surface area contributed by atoms with Crippen molar-refractivity contribution in [3.63, 3.8) is 0 Å². The molecule has 3 rings (SSSR count). The van der Waals surface area contributed by atoms with Crippen molar-refractivity contribution in [1.82, 2.24) is 4.98 Å². The van der Waals surface area contributed by atoms with Crippen LogP contribution in [0, 0.1) is 0 Å². The molecule has 0 aliphatic rings. The average molecular weight is 301 g/mol. The Bertz CT molecular complexity index is 677. The maximum atomic E-state index is 5.86. The minimum atomic E-state index is 0.696. The molecule has 2 aromatic carbocycles. The Kier molecular flexibility index (Phi) is 4.00. The molecule has 0 aliphatic carbocycles. The number of nitrogens with zero attached hydrogens (tertiary/aromatic N) is 1. The van der Waals surface area contributed by atoms with E-state index >= 15 is 0 Å². The van der Waals surface area contributed by atoms with Gasteiger partial charge in [0.25, 0.3) is 0 Å². The summed E-state index contributed by atoms with van der Waals surface area (Å²) in [6.07, 6.45) is 1.68. The van der Waals surface area contributed by atoms with Crippen molar-refractivity contribution in [3.8, 4) is 11.1 Å². The number of thiazole rings is 1. The van der Waals surface area contributed by atoms with Gasteiger partial charge in [-0.3, -0.25) is 0 Å². The van der Waals surface area contributed by atoms with Crippen LogP contribution in [0.25, 0.3) is 11.1 Å². The highest BCUT2D eigenvalue weighted by Crippen LogP contribution is 2.22. The molecule has 0 saturated carbocycles. The van der Waals surface area contributed by atoms with Crippen LogP contribution < -0.4 is 5.32 Å². The van der Waals surface area contributed by atoms with Crippen molar-refractivity contribution in [1.29, 1.82) is 0 Å². The smallest absolute Gasteiger partial charge is 0.113 e. The lowest BCUT2D eigenvalue weighted by atomic mass is 10.1. The number of benzene rings is 2. The number of anilines is 1. The van der Waals surface area contributed by atoms with E-state index in [-0.39, 0.29) is 0 Å². The second-order valence-electron chi connectivity index (χ2n) is 4.36. The first kappa shape index (κ1) is 13.2. The van der Waals surface area contributed by atoms with Gasteiger partial charge in [-0.2, -0.15) is 0 Å². The van der Waals surface area contributed by atoms with E-state index in [4.69, 9.17) is 11.6 Å². The van der Waals surface area contributed by atoms with Crippen LogP contribution in [-0.4, -0.2) is 4.98 Å². The first-order valence-corrected chi connectivity index (χ1v) is 7.50. The van der Waals surface area contributed by atoms with Crippen molar-refractivity contribution >= 4 is 28.6 Å². The van der Waals surface area contributed by atoms with Crippen LogP contribution in [0.1, 0.15) is 5.01 Å². The summed E-state index contributed by atoms with van der Waals surface area (Å²) in [4.78, 5) is 4.22. The molecule has 2 nitrogen and oxygen atoms in total. The van der Waals surface area contributed by atoms with Crippen molar-refractivity contribution in [3.05, 3.63) is 70.1 Å². The van der Waals surface area contributed by atoms with Gasteiger partial charge in [0.1, 0.15) is 9.34 Å². The molecule has 0 saturated heterocycles. The third-order valence-electron chi connectivity index (χ3n) is 2.96. The van der Waals surface area contributed by atoms with Gasteiger partial charge < -0.3 is 5.32 Å². The third-order valence-corrected chi connectivity index (χ3v) is 4.08. The summed E-state index contributed by atoms with van der Waals surface area (Å²) in [6.45, 7) is 0.696. The molecule has 0 unspecified atom stereocenters. The lowest BCUT2D eigenvalue weighted by molar-refractivity contribution is 1.10. The topological polar surface area (TPSA) is 24.9 Å². The van der Waals surface area contributed by atoms with E-state index in [1.165, 1.54) is 22.5 Å². The first-order chi connectivity index (χ1) is 9.81. The minimum Gasteiger partial charge on any atom is -0.379 e. The van der Waals surface area contributed by atoms with Crippen LogP contribution in [0.5, 0.6) is 0 Å². The summed E-state index contributed by atoms with van der Waals surface area (Å²) in [5.41, 5.74) is 3.52. The number of hydrogen-bond acceptors (Lipinski definition) is 3. The van der Waals surface area contributed by atoms with Gasteiger partial charge in [-0.25, -0.2) is 4.98 Å². The lowest BCUT2D eigenvalue weighted by Gasteiger charge is -2.06. The summed E-state index contributed by atoms with van der Waals surface area (Å²) >= 11 is 7.36. The van der Waals surface area contributed by atoms with Gasteiger partial charge in [-0.05, 0) is 23.3 Å². The third kappa shape index (κ3) is 3.18. The van der Waals surface area contributed by atoms with E-state index in [2.05, 4.69) is 46.7 Å². The molecule has 0 radical (unpaired) electrons. The van der Waals surface area contributed by atoms with E-state index in [0.717, 1.165) is 15.0 Å². The van der Waals surface area contributed by atoms with Gasteiger partial charge >= 0.3 is 0 Å². The fourth-order valence-electron chi connectivity index (χ4n) is 1.96. The number of nitrogens with one attached hydrogen (secondary N) is 1. The van der Waals surface area contributed by atoms with Crippen molar-refractivity contribution in [2.45, 2.75) is 6.54 Å². The maximum absolute atomic E-state index is 5.86. The fraction of sp³-hybridized carbons (Fsp3) is 0.0625.